The van der Waals surface area contributed by atoms with E-state index in [0.717, 1.165) is 38.5 Å². The highest BCUT2D eigenvalue weighted by molar-refractivity contribution is 7.90. The molecule has 0 aromatic heterocycles. The highest BCUT2D eigenvalue weighted by Crippen LogP contribution is 2.25. The standard InChI is InChI=1S/C16H24N2O4S2/c19-23(20,17-10-3-1-4-11-17)15-8-7-9-16(14-15)24(21,22)18-12-5-2-6-13-18/h7-9,14H,1-6,10-13H2. The maximum Gasteiger partial charge on any atom is 0.243 e. The van der Waals surface area contributed by atoms with Crippen molar-refractivity contribution in [3.63, 3.8) is 0 Å². The third kappa shape index (κ3) is 3.51. The van der Waals surface area contributed by atoms with Crippen LogP contribution in [-0.2, 0) is 20.0 Å². The fraction of sp³-hybridized carbons (Fsp3) is 0.625. The molecule has 3 rings (SSSR count). The lowest BCUT2D eigenvalue weighted by atomic mass is 10.2. The minimum absolute atomic E-state index is 0.0717. The predicted octanol–water partition coefficient (Wildman–Crippen LogP) is 2.04. The molecule has 0 atom stereocenters. The van der Waals surface area contributed by atoms with Crippen molar-refractivity contribution in [3.05, 3.63) is 24.3 Å². The Bertz CT molecular complexity index is 715. The van der Waals surface area contributed by atoms with Crippen molar-refractivity contribution < 1.29 is 16.8 Å². The van der Waals surface area contributed by atoms with Crippen LogP contribution < -0.4 is 0 Å². The second-order valence-corrected chi connectivity index (χ2v) is 10.3. The van der Waals surface area contributed by atoms with Crippen LogP contribution >= 0.6 is 0 Å². The van der Waals surface area contributed by atoms with Crippen molar-refractivity contribution in [2.45, 2.75) is 48.3 Å². The first kappa shape index (κ1) is 17.8. The monoisotopic (exact) mass is 372 g/mol. The zero-order valence-corrected chi connectivity index (χ0v) is 15.4. The molecule has 8 heteroatoms. The molecule has 6 nitrogen and oxygen atoms in total. The van der Waals surface area contributed by atoms with E-state index in [-0.39, 0.29) is 9.79 Å². The van der Waals surface area contributed by atoms with E-state index in [4.69, 9.17) is 0 Å². The van der Waals surface area contributed by atoms with Gasteiger partial charge < -0.3 is 0 Å². The van der Waals surface area contributed by atoms with Crippen molar-refractivity contribution in [1.29, 1.82) is 0 Å². The first-order valence-electron chi connectivity index (χ1n) is 8.53. The average Bonchev–Trinajstić information content (AvgIpc) is 2.63. The van der Waals surface area contributed by atoms with Crippen LogP contribution in [0.25, 0.3) is 0 Å². The Kier molecular flexibility index (Phi) is 5.29. The van der Waals surface area contributed by atoms with Gasteiger partial charge >= 0.3 is 0 Å². The largest absolute Gasteiger partial charge is 0.243 e. The van der Waals surface area contributed by atoms with Crippen LogP contribution in [0.3, 0.4) is 0 Å². The Morgan fingerprint density at radius 2 is 1.00 bits per heavy atom. The number of nitrogens with zero attached hydrogens (tertiary/aromatic N) is 2. The molecule has 0 unspecified atom stereocenters. The van der Waals surface area contributed by atoms with E-state index in [1.54, 1.807) is 0 Å². The van der Waals surface area contributed by atoms with E-state index in [9.17, 15) is 16.8 Å². The second-order valence-electron chi connectivity index (χ2n) is 6.40. The molecule has 0 bridgehead atoms. The van der Waals surface area contributed by atoms with Crippen molar-refractivity contribution >= 4 is 20.0 Å². The molecule has 134 valence electrons. The molecule has 0 aliphatic carbocycles. The third-order valence-electron chi connectivity index (χ3n) is 4.71. The van der Waals surface area contributed by atoms with Gasteiger partial charge in [0.1, 0.15) is 0 Å². The minimum atomic E-state index is -3.63. The van der Waals surface area contributed by atoms with E-state index in [1.807, 2.05) is 0 Å². The molecular weight excluding hydrogens is 348 g/mol. The van der Waals surface area contributed by atoms with E-state index in [0.29, 0.717) is 26.2 Å². The van der Waals surface area contributed by atoms with Gasteiger partial charge in [0.25, 0.3) is 0 Å². The van der Waals surface area contributed by atoms with Gasteiger partial charge in [-0.15, -0.1) is 0 Å². The van der Waals surface area contributed by atoms with Gasteiger partial charge in [-0.1, -0.05) is 18.9 Å². The summed E-state index contributed by atoms with van der Waals surface area (Å²) >= 11 is 0. The summed E-state index contributed by atoms with van der Waals surface area (Å²) in [7, 11) is -7.25. The molecule has 2 saturated heterocycles. The summed E-state index contributed by atoms with van der Waals surface area (Å²) in [5, 5.41) is 0. The molecule has 0 spiro atoms. The van der Waals surface area contributed by atoms with Crippen LogP contribution in [-0.4, -0.2) is 51.6 Å². The molecule has 1 aromatic carbocycles. The Morgan fingerprint density at radius 1 is 0.625 bits per heavy atom. The van der Waals surface area contributed by atoms with Crippen molar-refractivity contribution in [3.8, 4) is 0 Å². The molecule has 0 N–H and O–H groups in total. The lowest BCUT2D eigenvalue weighted by Gasteiger charge is -2.27. The molecule has 0 saturated carbocycles. The quantitative estimate of drug-likeness (QED) is 0.810. The topological polar surface area (TPSA) is 74.8 Å². The molecule has 2 heterocycles. The smallest absolute Gasteiger partial charge is 0.207 e. The zero-order valence-electron chi connectivity index (χ0n) is 13.7. The highest BCUT2D eigenvalue weighted by atomic mass is 32.2. The number of piperidine rings is 2. The average molecular weight is 373 g/mol. The van der Waals surface area contributed by atoms with Crippen LogP contribution in [0.1, 0.15) is 38.5 Å². The molecule has 24 heavy (non-hydrogen) atoms. The molecule has 1 aromatic rings. The summed E-state index contributed by atoms with van der Waals surface area (Å²) in [6.07, 6.45) is 5.48. The van der Waals surface area contributed by atoms with Crippen molar-refractivity contribution in [2.24, 2.45) is 0 Å². The maximum atomic E-state index is 12.8. The molecule has 0 amide bonds. The number of hydrogen-bond acceptors (Lipinski definition) is 4. The predicted molar refractivity (Wildman–Crippen MR) is 91.7 cm³/mol. The second kappa shape index (κ2) is 7.11. The van der Waals surface area contributed by atoms with E-state index < -0.39 is 20.0 Å². The molecular formula is C16H24N2O4S2. The Hall–Kier alpha value is -0.960. The third-order valence-corrected chi connectivity index (χ3v) is 8.50. The summed E-state index contributed by atoms with van der Waals surface area (Å²) in [5.74, 6) is 0. The fourth-order valence-corrected chi connectivity index (χ4v) is 6.51. The normalized spacial score (nSPS) is 21.7. The van der Waals surface area contributed by atoms with Gasteiger partial charge in [-0.2, -0.15) is 8.61 Å². The van der Waals surface area contributed by atoms with Gasteiger partial charge in [-0.3, -0.25) is 0 Å². The Balaban J connectivity index is 1.91. The molecule has 0 radical (unpaired) electrons. The van der Waals surface area contributed by atoms with Gasteiger partial charge in [0.15, 0.2) is 0 Å². The van der Waals surface area contributed by atoms with E-state index >= 15 is 0 Å². The Labute approximate surface area is 144 Å². The fourth-order valence-electron chi connectivity index (χ4n) is 3.30. The highest BCUT2D eigenvalue weighted by Gasteiger charge is 2.30. The lowest BCUT2D eigenvalue weighted by molar-refractivity contribution is 0.345. The van der Waals surface area contributed by atoms with Crippen molar-refractivity contribution in [2.75, 3.05) is 26.2 Å². The van der Waals surface area contributed by atoms with Crippen LogP contribution in [0.4, 0.5) is 0 Å². The summed E-state index contributed by atoms with van der Waals surface area (Å²) in [6.45, 7) is 2.02. The van der Waals surface area contributed by atoms with Gasteiger partial charge in [0.2, 0.25) is 20.0 Å². The SMILES string of the molecule is O=S(=O)(c1cccc(S(=O)(=O)N2CCCCC2)c1)N1CCCCC1. The Morgan fingerprint density at radius 3 is 1.38 bits per heavy atom. The van der Waals surface area contributed by atoms with Crippen LogP contribution in [0.5, 0.6) is 0 Å². The van der Waals surface area contributed by atoms with Crippen molar-refractivity contribution in [1.82, 2.24) is 8.61 Å². The van der Waals surface area contributed by atoms with E-state index in [1.165, 1.54) is 32.9 Å². The van der Waals surface area contributed by atoms with Gasteiger partial charge in [0, 0.05) is 26.2 Å². The zero-order chi connectivity index (χ0) is 17.2. The van der Waals surface area contributed by atoms with Crippen LogP contribution in [0, 0.1) is 0 Å². The van der Waals surface area contributed by atoms with Crippen LogP contribution in [0.2, 0.25) is 0 Å². The van der Waals surface area contributed by atoms with Gasteiger partial charge in [0.05, 0.1) is 9.79 Å². The number of rotatable bonds is 4. The number of hydrogen-bond donors (Lipinski definition) is 0. The van der Waals surface area contributed by atoms with Gasteiger partial charge in [-0.25, -0.2) is 16.8 Å². The van der Waals surface area contributed by atoms with E-state index in [2.05, 4.69) is 0 Å². The molecule has 2 fully saturated rings. The molecule has 2 aliphatic heterocycles. The number of benzene rings is 1. The summed E-state index contributed by atoms with van der Waals surface area (Å²) in [4.78, 5) is 0.143. The number of sulfonamides is 2. The summed E-state index contributed by atoms with van der Waals surface area (Å²) in [6, 6.07) is 5.81. The first-order chi connectivity index (χ1) is 11.4. The first-order valence-corrected chi connectivity index (χ1v) is 11.4. The summed E-state index contributed by atoms with van der Waals surface area (Å²) < 4.78 is 54.0. The minimum Gasteiger partial charge on any atom is -0.207 e. The summed E-state index contributed by atoms with van der Waals surface area (Å²) in [5.41, 5.74) is 0. The maximum absolute atomic E-state index is 12.8. The van der Waals surface area contributed by atoms with Crippen LogP contribution in [0.15, 0.2) is 34.1 Å². The lowest BCUT2D eigenvalue weighted by Crippen LogP contribution is -2.36. The molecule has 2 aliphatic rings. The van der Waals surface area contributed by atoms with Gasteiger partial charge in [-0.05, 0) is 43.9 Å².